The molecule has 1 aliphatic carbocycles. The number of halogens is 4. The van der Waals surface area contributed by atoms with Gasteiger partial charge in [0.2, 0.25) is 0 Å². The quantitative estimate of drug-likeness (QED) is 0.849. The Hall–Kier alpha value is -0.810. The van der Waals surface area contributed by atoms with Crippen molar-refractivity contribution in [3.8, 4) is 0 Å². The minimum absolute atomic E-state index is 0.267. The molecule has 1 aromatic rings. The number of aliphatic hydroxyl groups is 1. The van der Waals surface area contributed by atoms with E-state index in [0.29, 0.717) is 12.3 Å². The number of hydrogen-bond donors (Lipinski definition) is 1. The number of rotatable bonds is 3. The molecule has 0 radical (unpaired) electrons. The minimum atomic E-state index is -4.51. The van der Waals surface area contributed by atoms with E-state index in [9.17, 15) is 18.3 Å². The van der Waals surface area contributed by atoms with E-state index < -0.39 is 18.0 Å². The molecule has 1 N–H and O–H groups in total. The molecule has 2 nitrogen and oxygen atoms in total. The van der Waals surface area contributed by atoms with Gasteiger partial charge in [-0.1, -0.05) is 36.9 Å². The monoisotopic (exact) mass is 279 g/mol. The van der Waals surface area contributed by atoms with Gasteiger partial charge in [-0.2, -0.15) is 13.2 Å². The van der Waals surface area contributed by atoms with E-state index in [0.717, 1.165) is 25.3 Å². The van der Waals surface area contributed by atoms with Gasteiger partial charge in [-0.05, 0) is 18.4 Å². The number of alkyl halides is 3. The molecule has 0 aliphatic heterocycles. The van der Waals surface area contributed by atoms with Crippen LogP contribution in [0, 0.1) is 5.92 Å². The highest BCUT2D eigenvalue weighted by atomic mass is 35.5. The van der Waals surface area contributed by atoms with Crippen molar-refractivity contribution in [3.63, 3.8) is 0 Å². The molecule has 0 aromatic carbocycles. The van der Waals surface area contributed by atoms with Crippen LogP contribution in [0.25, 0.3) is 0 Å². The molecule has 0 spiro atoms. The highest BCUT2D eigenvalue weighted by Gasteiger charge is 2.33. The third-order valence-electron chi connectivity index (χ3n) is 3.31. The van der Waals surface area contributed by atoms with Gasteiger partial charge in [0.1, 0.15) is 10.8 Å². The van der Waals surface area contributed by atoms with Crippen molar-refractivity contribution in [2.45, 2.75) is 38.0 Å². The number of nitrogens with zero attached hydrogens (tertiary/aromatic N) is 1. The number of hydrogen-bond acceptors (Lipinski definition) is 2. The molecule has 2 rings (SSSR count). The first kappa shape index (κ1) is 13.6. The van der Waals surface area contributed by atoms with Crippen LogP contribution in [0.4, 0.5) is 13.2 Å². The summed E-state index contributed by atoms with van der Waals surface area (Å²) in [6.07, 6.45) is -1.55. The Morgan fingerprint density at radius 2 is 2.06 bits per heavy atom. The molecule has 1 aromatic heterocycles. The molecular weight excluding hydrogens is 267 g/mol. The maximum atomic E-state index is 12.4. The summed E-state index contributed by atoms with van der Waals surface area (Å²) in [4.78, 5) is 3.30. The van der Waals surface area contributed by atoms with Gasteiger partial charge < -0.3 is 5.11 Å². The molecule has 1 fully saturated rings. The molecule has 0 saturated heterocycles. The average Bonchev–Trinajstić information content (AvgIpc) is 2.21. The van der Waals surface area contributed by atoms with Crippen molar-refractivity contribution in [1.82, 2.24) is 4.98 Å². The van der Waals surface area contributed by atoms with Crippen LogP contribution in [0.5, 0.6) is 0 Å². The number of aromatic nitrogens is 1. The van der Waals surface area contributed by atoms with E-state index in [4.69, 9.17) is 11.6 Å². The maximum Gasteiger partial charge on any atom is 0.433 e. The largest absolute Gasteiger partial charge is 0.433 e. The van der Waals surface area contributed by atoms with Gasteiger partial charge in [0.15, 0.2) is 0 Å². The fourth-order valence-corrected chi connectivity index (χ4v) is 2.30. The van der Waals surface area contributed by atoms with E-state index in [2.05, 4.69) is 4.98 Å². The molecule has 1 heterocycles. The predicted molar refractivity (Wildman–Crippen MR) is 61.2 cm³/mol. The molecule has 0 amide bonds. The Balaban J connectivity index is 2.13. The van der Waals surface area contributed by atoms with Crippen molar-refractivity contribution in [1.29, 1.82) is 0 Å². The highest BCUT2D eigenvalue weighted by molar-refractivity contribution is 6.30. The third kappa shape index (κ3) is 2.95. The summed E-state index contributed by atoms with van der Waals surface area (Å²) >= 11 is 5.70. The Kier molecular flexibility index (Phi) is 3.82. The highest BCUT2D eigenvalue weighted by Crippen LogP contribution is 2.37. The van der Waals surface area contributed by atoms with Gasteiger partial charge >= 0.3 is 6.18 Å². The fourth-order valence-electron chi connectivity index (χ4n) is 2.02. The predicted octanol–water partition coefficient (Wildman–Crippen LogP) is 3.98. The summed E-state index contributed by atoms with van der Waals surface area (Å²) in [5, 5.41) is 9.66. The second-order valence-corrected chi connectivity index (χ2v) is 4.98. The summed E-state index contributed by atoms with van der Waals surface area (Å²) < 4.78 is 37.2. The lowest BCUT2D eigenvalue weighted by atomic mass is 9.80. The van der Waals surface area contributed by atoms with E-state index in [1.54, 1.807) is 0 Å². The first-order valence-corrected chi connectivity index (χ1v) is 6.17. The SMILES string of the molecule is OC(CC1CCC1)c1ccc(C(F)(F)F)nc1Cl. The van der Waals surface area contributed by atoms with Crippen LogP contribution in [0.15, 0.2) is 12.1 Å². The van der Waals surface area contributed by atoms with Crippen LogP contribution >= 0.6 is 11.6 Å². The minimum Gasteiger partial charge on any atom is -0.388 e. The lowest BCUT2D eigenvalue weighted by Crippen LogP contribution is -2.16. The summed E-state index contributed by atoms with van der Waals surface area (Å²) in [5.41, 5.74) is -0.760. The second kappa shape index (κ2) is 5.05. The summed E-state index contributed by atoms with van der Waals surface area (Å²) in [7, 11) is 0. The van der Waals surface area contributed by atoms with Gasteiger partial charge in [0.05, 0.1) is 6.10 Å². The van der Waals surface area contributed by atoms with Gasteiger partial charge in [-0.3, -0.25) is 0 Å². The van der Waals surface area contributed by atoms with Crippen LogP contribution < -0.4 is 0 Å². The zero-order valence-corrected chi connectivity index (χ0v) is 10.3. The smallest absolute Gasteiger partial charge is 0.388 e. The van der Waals surface area contributed by atoms with Crippen LogP contribution in [0.1, 0.15) is 43.0 Å². The number of aliphatic hydroxyl groups excluding tert-OH is 1. The average molecular weight is 280 g/mol. The summed E-state index contributed by atoms with van der Waals surface area (Å²) in [5.74, 6) is 0.443. The Bertz CT molecular complexity index is 432. The standard InChI is InChI=1S/C12H13ClF3NO/c13-11-8(9(18)6-7-2-1-3-7)4-5-10(17-11)12(14,15)16/h4-5,7,9,18H,1-3,6H2. The van der Waals surface area contributed by atoms with Crippen LogP contribution in [0.3, 0.4) is 0 Å². The van der Waals surface area contributed by atoms with E-state index in [1.807, 2.05) is 0 Å². The fraction of sp³-hybridized carbons (Fsp3) is 0.583. The van der Waals surface area contributed by atoms with Gasteiger partial charge in [-0.25, -0.2) is 4.98 Å². The van der Waals surface area contributed by atoms with Gasteiger partial charge in [-0.15, -0.1) is 0 Å². The normalized spacial score (nSPS) is 18.5. The molecule has 1 aliphatic rings. The van der Waals surface area contributed by atoms with E-state index in [-0.39, 0.29) is 10.7 Å². The van der Waals surface area contributed by atoms with Crippen molar-refractivity contribution in [2.75, 3.05) is 0 Å². The van der Waals surface area contributed by atoms with Crippen molar-refractivity contribution < 1.29 is 18.3 Å². The van der Waals surface area contributed by atoms with E-state index >= 15 is 0 Å². The van der Waals surface area contributed by atoms with Crippen molar-refractivity contribution >= 4 is 11.6 Å². The molecule has 1 atom stereocenters. The third-order valence-corrected chi connectivity index (χ3v) is 3.61. The summed E-state index contributed by atoms with van der Waals surface area (Å²) in [6.45, 7) is 0. The van der Waals surface area contributed by atoms with Gasteiger partial charge in [0.25, 0.3) is 0 Å². The Morgan fingerprint density at radius 3 is 2.50 bits per heavy atom. The molecule has 18 heavy (non-hydrogen) atoms. The van der Waals surface area contributed by atoms with Crippen molar-refractivity contribution in [2.24, 2.45) is 5.92 Å². The molecular formula is C12H13ClF3NO. The van der Waals surface area contributed by atoms with Crippen molar-refractivity contribution in [3.05, 3.63) is 28.5 Å². The van der Waals surface area contributed by atoms with E-state index in [1.165, 1.54) is 6.07 Å². The van der Waals surface area contributed by atoms with Gasteiger partial charge in [0, 0.05) is 5.56 Å². The van der Waals surface area contributed by atoms with Crippen LogP contribution in [-0.4, -0.2) is 10.1 Å². The molecule has 1 unspecified atom stereocenters. The Labute approximate surface area is 108 Å². The molecule has 6 heteroatoms. The summed E-state index contributed by atoms with van der Waals surface area (Å²) in [6, 6.07) is 2.06. The number of pyridine rings is 1. The first-order chi connectivity index (χ1) is 8.38. The Morgan fingerprint density at radius 1 is 1.39 bits per heavy atom. The zero-order chi connectivity index (χ0) is 13.3. The molecule has 0 bridgehead atoms. The maximum absolute atomic E-state index is 12.4. The zero-order valence-electron chi connectivity index (χ0n) is 9.54. The lowest BCUT2D eigenvalue weighted by molar-refractivity contribution is -0.141. The first-order valence-electron chi connectivity index (χ1n) is 5.79. The molecule has 1 saturated carbocycles. The topological polar surface area (TPSA) is 33.1 Å². The van der Waals surface area contributed by atoms with Crippen LogP contribution in [0.2, 0.25) is 5.15 Å². The lowest BCUT2D eigenvalue weighted by Gasteiger charge is -2.27. The second-order valence-electron chi connectivity index (χ2n) is 4.62. The molecule has 100 valence electrons. The van der Waals surface area contributed by atoms with Crippen LogP contribution in [-0.2, 0) is 6.18 Å².